The molecule has 11 rings (SSSR count). The van der Waals surface area contributed by atoms with Crippen LogP contribution in [0.1, 0.15) is 22.3 Å². The van der Waals surface area contributed by atoms with Gasteiger partial charge in [0.05, 0.1) is 0 Å². The lowest BCUT2D eigenvalue weighted by molar-refractivity contribution is 1.46. The normalized spacial score (nSPS) is 10.5. The van der Waals surface area contributed by atoms with Crippen molar-refractivity contribution in [1.29, 1.82) is 0 Å². The SMILES string of the molecule is Cc1cc(-c2ccccc2)cc(-c2ccccc2)c1.Cc1ccc(-c2ccccc2)cc1.Cc1ccc2c3ccccc3c3ccccc3c2c1.Cc1cccc(-c2ccccc2)c1. The molecule has 0 aliphatic heterocycles. The summed E-state index contributed by atoms with van der Waals surface area (Å²) < 4.78 is 0. The minimum atomic E-state index is 1.27. The predicted octanol–water partition coefficient (Wildman–Crippen LogP) is 18.1. The van der Waals surface area contributed by atoms with Crippen LogP contribution in [0, 0.1) is 27.7 Å². The first-order valence-corrected chi connectivity index (χ1v) is 22.2. The van der Waals surface area contributed by atoms with E-state index in [1.807, 2.05) is 12.1 Å². The van der Waals surface area contributed by atoms with Gasteiger partial charge in [0.25, 0.3) is 0 Å². The maximum Gasteiger partial charge on any atom is -0.00963 e. The summed E-state index contributed by atoms with van der Waals surface area (Å²) in [7, 11) is 0. The molecule has 0 fully saturated rings. The Hall–Kier alpha value is -7.80. The second-order valence-electron chi connectivity index (χ2n) is 16.4. The summed E-state index contributed by atoms with van der Waals surface area (Å²) in [5, 5.41) is 8.08. The third kappa shape index (κ3) is 10.8. The highest BCUT2D eigenvalue weighted by molar-refractivity contribution is 6.25. The number of fused-ring (bicyclic) bond motifs is 6. The van der Waals surface area contributed by atoms with Crippen LogP contribution >= 0.6 is 0 Å². The highest BCUT2D eigenvalue weighted by Crippen LogP contribution is 2.35. The fourth-order valence-electron chi connectivity index (χ4n) is 8.23. The van der Waals surface area contributed by atoms with Crippen molar-refractivity contribution in [1.82, 2.24) is 0 Å². The van der Waals surface area contributed by atoms with E-state index in [1.54, 1.807) is 0 Å². The Bertz CT molecular complexity index is 3110. The van der Waals surface area contributed by atoms with Crippen LogP contribution in [0.3, 0.4) is 0 Å². The second-order valence-corrected chi connectivity index (χ2v) is 16.4. The molecule has 0 heterocycles. The van der Waals surface area contributed by atoms with Gasteiger partial charge in [-0.25, -0.2) is 0 Å². The highest BCUT2D eigenvalue weighted by atomic mass is 14.1. The third-order valence-corrected chi connectivity index (χ3v) is 11.5. The van der Waals surface area contributed by atoms with Crippen LogP contribution < -0.4 is 0 Å². The lowest BCUT2D eigenvalue weighted by Gasteiger charge is -2.10. The molecular formula is C64H54. The van der Waals surface area contributed by atoms with Crippen LogP contribution in [-0.2, 0) is 0 Å². The second kappa shape index (κ2) is 20.8. The maximum atomic E-state index is 2.30. The molecule has 0 unspecified atom stereocenters. The van der Waals surface area contributed by atoms with Crippen molar-refractivity contribution in [2.45, 2.75) is 27.7 Å². The average Bonchev–Trinajstić information content (AvgIpc) is 3.36. The molecule has 0 radical (unpaired) electrons. The van der Waals surface area contributed by atoms with E-state index in [0.717, 1.165) is 0 Å². The Kier molecular flexibility index (Phi) is 14.0. The fourth-order valence-corrected chi connectivity index (χ4v) is 8.23. The number of hydrogen-bond acceptors (Lipinski definition) is 0. The summed E-state index contributed by atoms with van der Waals surface area (Å²) in [6, 6.07) is 89.9. The van der Waals surface area contributed by atoms with Crippen LogP contribution in [0.2, 0.25) is 0 Å². The molecule has 0 heteroatoms. The zero-order chi connectivity index (χ0) is 44.1. The molecule has 0 amide bonds. The van der Waals surface area contributed by atoms with Crippen molar-refractivity contribution in [3.8, 4) is 44.5 Å². The maximum absolute atomic E-state index is 2.30. The standard InChI is InChI=1S/C19H14.C19H16.2C13H12/c1-13-10-11-18-16-8-3-2-6-14(16)15-7-4-5-9-17(15)19(18)12-13;1-15-12-18(16-8-4-2-5-9-16)14-19(13-15)17-10-6-3-7-11-17;1-11-6-5-9-13(10-11)12-7-3-2-4-8-12;1-11-7-9-13(10-8-11)12-5-3-2-4-6-12/h2-12H,1H3;2-14H,1H3;2*2-10H,1H3. The minimum Gasteiger partial charge on any atom is -0.0622 e. The summed E-state index contributed by atoms with van der Waals surface area (Å²) >= 11 is 0. The molecule has 0 atom stereocenters. The lowest BCUT2D eigenvalue weighted by Crippen LogP contribution is -1.84. The van der Waals surface area contributed by atoms with Gasteiger partial charge in [-0.05, 0) is 116 Å². The van der Waals surface area contributed by atoms with Gasteiger partial charge in [0, 0.05) is 0 Å². The molecule has 64 heavy (non-hydrogen) atoms. The van der Waals surface area contributed by atoms with E-state index in [4.69, 9.17) is 0 Å². The predicted molar refractivity (Wildman–Crippen MR) is 279 cm³/mol. The highest BCUT2D eigenvalue weighted by Gasteiger charge is 2.08. The Labute approximate surface area is 379 Å². The van der Waals surface area contributed by atoms with E-state index in [-0.39, 0.29) is 0 Å². The van der Waals surface area contributed by atoms with Crippen LogP contribution in [0.4, 0.5) is 0 Å². The minimum absolute atomic E-state index is 1.27. The number of hydrogen-bond donors (Lipinski definition) is 0. The number of benzene rings is 11. The molecular weight excluding hydrogens is 769 g/mol. The molecule has 11 aromatic rings. The van der Waals surface area contributed by atoms with Crippen LogP contribution in [0.5, 0.6) is 0 Å². The van der Waals surface area contributed by atoms with Crippen molar-refractivity contribution >= 4 is 32.3 Å². The van der Waals surface area contributed by atoms with Gasteiger partial charge in [-0.15, -0.1) is 0 Å². The largest absolute Gasteiger partial charge is 0.0622 e. The third-order valence-electron chi connectivity index (χ3n) is 11.5. The van der Waals surface area contributed by atoms with Gasteiger partial charge in [0.1, 0.15) is 0 Å². The van der Waals surface area contributed by atoms with Gasteiger partial charge >= 0.3 is 0 Å². The van der Waals surface area contributed by atoms with Crippen molar-refractivity contribution in [2.24, 2.45) is 0 Å². The molecule has 0 bridgehead atoms. The number of aryl methyl sites for hydroxylation is 4. The van der Waals surface area contributed by atoms with Crippen molar-refractivity contribution in [3.05, 3.63) is 277 Å². The van der Waals surface area contributed by atoms with Crippen molar-refractivity contribution in [3.63, 3.8) is 0 Å². The zero-order valence-corrected chi connectivity index (χ0v) is 37.2. The summed E-state index contributed by atoms with van der Waals surface area (Å²) in [5.74, 6) is 0. The lowest BCUT2D eigenvalue weighted by atomic mass is 9.93. The summed E-state index contributed by atoms with van der Waals surface area (Å²) in [6.45, 7) is 8.53. The first-order chi connectivity index (χ1) is 31.4. The summed E-state index contributed by atoms with van der Waals surface area (Å²) in [4.78, 5) is 0. The summed E-state index contributed by atoms with van der Waals surface area (Å²) in [5.41, 5.74) is 15.4. The van der Waals surface area contributed by atoms with Gasteiger partial charge in [0.2, 0.25) is 0 Å². The van der Waals surface area contributed by atoms with Crippen LogP contribution in [0.25, 0.3) is 76.8 Å². The molecule has 0 saturated carbocycles. The summed E-state index contributed by atoms with van der Waals surface area (Å²) in [6.07, 6.45) is 0. The molecule has 0 N–H and O–H groups in total. The smallest absolute Gasteiger partial charge is 0.00963 e. The van der Waals surface area contributed by atoms with E-state index in [0.29, 0.717) is 0 Å². The van der Waals surface area contributed by atoms with Crippen LogP contribution in [-0.4, -0.2) is 0 Å². The molecule has 11 aromatic carbocycles. The first-order valence-electron chi connectivity index (χ1n) is 22.2. The Morgan fingerprint density at radius 3 is 0.922 bits per heavy atom. The Balaban J connectivity index is 0.000000119. The first kappa shape index (κ1) is 42.9. The van der Waals surface area contributed by atoms with Crippen molar-refractivity contribution < 1.29 is 0 Å². The molecule has 0 nitrogen and oxygen atoms in total. The van der Waals surface area contributed by atoms with Gasteiger partial charge in [-0.3, -0.25) is 0 Å². The quantitative estimate of drug-likeness (QED) is 0.155. The van der Waals surface area contributed by atoms with Gasteiger partial charge in [-0.2, -0.15) is 0 Å². The molecule has 0 saturated heterocycles. The Morgan fingerprint density at radius 2 is 0.469 bits per heavy atom. The van der Waals surface area contributed by atoms with Gasteiger partial charge in [-0.1, -0.05) is 265 Å². The monoisotopic (exact) mass is 822 g/mol. The van der Waals surface area contributed by atoms with E-state index >= 15 is 0 Å². The van der Waals surface area contributed by atoms with E-state index in [1.165, 1.54) is 99.1 Å². The molecule has 0 aliphatic carbocycles. The molecule has 0 aromatic heterocycles. The van der Waals surface area contributed by atoms with Crippen LogP contribution in [0.15, 0.2) is 255 Å². The Morgan fingerprint density at radius 1 is 0.156 bits per heavy atom. The zero-order valence-electron chi connectivity index (χ0n) is 37.2. The topological polar surface area (TPSA) is 0 Å². The van der Waals surface area contributed by atoms with Crippen molar-refractivity contribution in [2.75, 3.05) is 0 Å². The fraction of sp³-hybridized carbons (Fsp3) is 0.0625. The molecule has 0 aliphatic rings. The van der Waals surface area contributed by atoms with E-state index in [9.17, 15) is 0 Å². The number of rotatable bonds is 4. The van der Waals surface area contributed by atoms with E-state index in [2.05, 4.69) is 270 Å². The molecule has 0 spiro atoms. The van der Waals surface area contributed by atoms with E-state index < -0.39 is 0 Å². The average molecular weight is 823 g/mol. The van der Waals surface area contributed by atoms with Gasteiger partial charge < -0.3 is 0 Å². The van der Waals surface area contributed by atoms with Gasteiger partial charge in [0.15, 0.2) is 0 Å². The molecule has 310 valence electrons.